The van der Waals surface area contributed by atoms with Crippen LogP contribution in [-0.4, -0.2) is 15.7 Å². The van der Waals surface area contributed by atoms with Crippen molar-refractivity contribution in [2.45, 2.75) is 12.7 Å². The van der Waals surface area contributed by atoms with Crippen LogP contribution in [0.15, 0.2) is 11.4 Å². The zero-order chi connectivity index (χ0) is 9.42. The molecular formula is C9H10N2OS. The van der Waals surface area contributed by atoms with E-state index in [0.717, 1.165) is 28.3 Å². The monoisotopic (exact) mass is 194 g/mol. The van der Waals surface area contributed by atoms with Gasteiger partial charge in [-0.3, -0.25) is 4.79 Å². The highest BCUT2D eigenvalue weighted by Gasteiger charge is 2.17. The van der Waals surface area contributed by atoms with Crippen molar-refractivity contribution < 1.29 is 0 Å². The van der Waals surface area contributed by atoms with Gasteiger partial charge in [-0.05, 0) is 12.5 Å². The molecule has 0 aliphatic carbocycles. The molecule has 1 aromatic heterocycles. The Hall–Kier alpha value is -1.03. The van der Waals surface area contributed by atoms with Gasteiger partial charge in [-0.15, -0.1) is 0 Å². The van der Waals surface area contributed by atoms with E-state index >= 15 is 0 Å². The van der Waals surface area contributed by atoms with Gasteiger partial charge < -0.3 is 4.98 Å². The molecule has 0 fully saturated rings. The van der Waals surface area contributed by atoms with Crippen molar-refractivity contribution in [3.05, 3.63) is 34.0 Å². The van der Waals surface area contributed by atoms with Crippen LogP contribution in [0.3, 0.4) is 0 Å². The number of rotatable bonds is 0. The van der Waals surface area contributed by atoms with Crippen molar-refractivity contribution in [2.24, 2.45) is 0 Å². The fourth-order valence-electron chi connectivity index (χ4n) is 1.38. The van der Waals surface area contributed by atoms with Crippen LogP contribution in [0.4, 0.5) is 0 Å². The van der Waals surface area contributed by atoms with Gasteiger partial charge in [0.1, 0.15) is 5.82 Å². The van der Waals surface area contributed by atoms with Crippen molar-refractivity contribution in [3.63, 3.8) is 0 Å². The number of nitrogens with one attached hydrogen (secondary N) is 1. The number of aromatic amines is 1. The Morgan fingerprint density at radius 2 is 2.31 bits per heavy atom. The molecule has 1 aliphatic heterocycles. The number of H-pyrrole nitrogens is 1. The van der Waals surface area contributed by atoms with Crippen molar-refractivity contribution in [3.8, 4) is 0 Å². The number of aromatic nitrogens is 2. The van der Waals surface area contributed by atoms with Gasteiger partial charge in [0.25, 0.3) is 5.56 Å². The van der Waals surface area contributed by atoms with Gasteiger partial charge in [0.05, 0.1) is 11.3 Å². The predicted octanol–water partition coefficient (Wildman–Crippen LogP) is 1.34. The van der Waals surface area contributed by atoms with Crippen molar-refractivity contribution in [2.75, 3.05) is 5.75 Å². The first-order valence-corrected chi connectivity index (χ1v) is 5.19. The number of hydrogen-bond acceptors (Lipinski definition) is 3. The largest absolute Gasteiger partial charge is 0.310 e. The Morgan fingerprint density at radius 1 is 1.54 bits per heavy atom. The lowest BCUT2D eigenvalue weighted by molar-refractivity contribution is 0.968. The smallest absolute Gasteiger partial charge is 0.255 e. The minimum absolute atomic E-state index is 0.0177. The maximum atomic E-state index is 11.5. The van der Waals surface area contributed by atoms with E-state index in [4.69, 9.17) is 0 Å². The number of hydrogen-bond donors (Lipinski definition) is 1. The van der Waals surface area contributed by atoms with Crippen molar-refractivity contribution in [1.82, 2.24) is 9.97 Å². The highest BCUT2D eigenvalue weighted by molar-refractivity contribution is 7.99. The Bertz CT molecular complexity index is 422. The lowest BCUT2D eigenvalue weighted by Gasteiger charge is -2.15. The molecule has 1 aliphatic rings. The zero-order valence-electron chi connectivity index (χ0n) is 7.39. The normalized spacial score (nSPS) is 15.6. The summed E-state index contributed by atoms with van der Waals surface area (Å²) in [6, 6.07) is 0. The van der Waals surface area contributed by atoms with E-state index in [2.05, 4.69) is 16.5 Å². The highest BCUT2D eigenvalue weighted by Crippen LogP contribution is 2.27. The van der Waals surface area contributed by atoms with Gasteiger partial charge >= 0.3 is 0 Å². The summed E-state index contributed by atoms with van der Waals surface area (Å²) in [4.78, 5) is 18.5. The molecule has 68 valence electrons. The molecule has 2 heterocycles. The van der Waals surface area contributed by atoms with E-state index < -0.39 is 0 Å². The quantitative estimate of drug-likeness (QED) is 0.678. The summed E-state index contributed by atoms with van der Waals surface area (Å²) in [6.07, 6.45) is 0. The first kappa shape index (κ1) is 8.56. The highest BCUT2D eigenvalue weighted by atomic mass is 32.2. The molecule has 1 N–H and O–H groups in total. The fourth-order valence-corrected chi connectivity index (χ4v) is 2.34. The molecule has 0 amide bonds. The number of aryl methyl sites for hydroxylation is 1. The predicted molar refractivity (Wildman–Crippen MR) is 54.8 cm³/mol. The lowest BCUT2D eigenvalue weighted by atomic mass is 10.1. The van der Waals surface area contributed by atoms with Gasteiger partial charge in [-0.25, -0.2) is 4.98 Å². The summed E-state index contributed by atoms with van der Waals surface area (Å²) in [5.41, 5.74) is 2.52. The van der Waals surface area contributed by atoms with Crippen molar-refractivity contribution >= 4 is 17.3 Å². The topological polar surface area (TPSA) is 45.8 Å². The SMILES string of the molecule is C=C1CSCc2c1nc(C)[nH]c2=O. The summed E-state index contributed by atoms with van der Waals surface area (Å²) in [7, 11) is 0. The van der Waals surface area contributed by atoms with Crippen LogP contribution in [0.5, 0.6) is 0 Å². The molecule has 0 atom stereocenters. The molecule has 2 rings (SSSR count). The lowest BCUT2D eigenvalue weighted by Crippen LogP contribution is -2.20. The van der Waals surface area contributed by atoms with Crippen LogP contribution in [0.25, 0.3) is 5.57 Å². The summed E-state index contributed by atoms with van der Waals surface area (Å²) in [6.45, 7) is 5.69. The molecule has 0 radical (unpaired) electrons. The van der Waals surface area contributed by atoms with E-state index in [1.54, 1.807) is 18.7 Å². The molecule has 0 unspecified atom stereocenters. The van der Waals surface area contributed by atoms with Crippen LogP contribution in [0.1, 0.15) is 17.1 Å². The molecular weight excluding hydrogens is 184 g/mol. The third kappa shape index (κ3) is 1.42. The van der Waals surface area contributed by atoms with E-state index in [1.807, 2.05) is 0 Å². The molecule has 13 heavy (non-hydrogen) atoms. The Labute approximate surface area is 80.3 Å². The standard InChI is InChI=1S/C9H10N2OS/c1-5-3-13-4-7-8(5)10-6(2)11-9(7)12/h1,3-4H2,2H3,(H,10,11,12). The Morgan fingerprint density at radius 3 is 3.08 bits per heavy atom. The van der Waals surface area contributed by atoms with Gasteiger partial charge in [0, 0.05) is 11.5 Å². The minimum atomic E-state index is -0.0177. The van der Waals surface area contributed by atoms with Gasteiger partial charge in [0.15, 0.2) is 0 Å². The van der Waals surface area contributed by atoms with E-state index in [9.17, 15) is 4.79 Å². The van der Waals surface area contributed by atoms with Crippen LogP contribution in [-0.2, 0) is 5.75 Å². The van der Waals surface area contributed by atoms with Gasteiger partial charge in [-0.2, -0.15) is 11.8 Å². The maximum Gasteiger partial charge on any atom is 0.255 e. The van der Waals surface area contributed by atoms with E-state index in [-0.39, 0.29) is 5.56 Å². The number of fused-ring (bicyclic) bond motifs is 1. The first-order valence-electron chi connectivity index (χ1n) is 4.04. The van der Waals surface area contributed by atoms with E-state index in [0.29, 0.717) is 5.82 Å². The van der Waals surface area contributed by atoms with Gasteiger partial charge in [-0.1, -0.05) is 6.58 Å². The van der Waals surface area contributed by atoms with Crippen LogP contribution in [0.2, 0.25) is 0 Å². The molecule has 0 bridgehead atoms. The van der Waals surface area contributed by atoms with Crippen LogP contribution >= 0.6 is 11.8 Å². The summed E-state index contributed by atoms with van der Waals surface area (Å²) in [5.74, 6) is 2.29. The van der Waals surface area contributed by atoms with Crippen molar-refractivity contribution in [1.29, 1.82) is 0 Å². The first-order chi connectivity index (χ1) is 6.18. The van der Waals surface area contributed by atoms with Crippen LogP contribution in [0, 0.1) is 6.92 Å². The maximum absolute atomic E-state index is 11.5. The van der Waals surface area contributed by atoms with Crippen LogP contribution < -0.4 is 5.56 Å². The summed E-state index contributed by atoms with van der Waals surface area (Å²) in [5, 5.41) is 0. The third-order valence-electron chi connectivity index (χ3n) is 1.99. The molecule has 0 aromatic carbocycles. The average Bonchev–Trinajstić information content (AvgIpc) is 2.07. The summed E-state index contributed by atoms with van der Waals surface area (Å²) >= 11 is 1.71. The molecule has 4 heteroatoms. The fraction of sp³-hybridized carbons (Fsp3) is 0.333. The molecule has 3 nitrogen and oxygen atoms in total. The molecule has 0 saturated carbocycles. The second-order valence-corrected chi connectivity index (χ2v) is 4.06. The molecule has 0 spiro atoms. The molecule has 0 saturated heterocycles. The second-order valence-electron chi connectivity index (χ2n) is 3.07. The number of nitrogens with zero attached hydrogens (tertiary/aromatic N) is 1. The zero-order valence-corrected chi connectivity index (χ0v) is 8.20. The number of thioether (sulfide) groups is 1. The Kier molecular flexibility index (Phi) is 2.00. The Balaban J connectivity index is 2.70. The molecule has 1 aromatic rings. The van der Waals surface area contributed by atoms with E-state index in [1.165, 1.54) is 0 Å². The average molecular weight is 194 g/mol. The van der Waals surface area contributed by atoms with Gasteiger partial charge in [0.2, 0.25) is 0 Å². The summed E-state index contributed by atoms with van der Waals surface area (Å²) < 4.78 is 0. The minimum Gasteiger partial charge on any atom is -0.310 e. The third-order valence-corrected chi connectivity index (χ3v) is 3.04. The second kappa shape index (κ2) is 3.03.